The third-order valence-electron chi connectivity index (χ3n) is 2.59. The summed E-state index contributed by atoms with van der Waals surface area (Å²) in [6.07, 6.45) is 0. The molecule has 2 rings (SSSR count). The van der Waals surface area contributed by atoms with E-state index in [0.29, 0.717) is 23.6 Å². The van der Waals surface area contributed by atoms with Crippen molar-refractivity contribution in [3.63, 3.8) is 0 Å². The van der Waals surface area contributed by atoms with Crippen LogP contribution in [0, 0.1) is 11.6 Å². The highest BCUT2D eigenvalue weighted by Crippen LogP contribution is 2.24. The van der Waals surface area contributed by atoms with Crippen molar-refractivity contribution in [3.05, 3.63) is 53.6 Å². The van der Waals surface area contributed by atoms with Gasteiger partial charge in [-0.3, -0.25) is 4.79 Å². The van der Waals surface area contributed by atoms with Crippen LogP contribution in [-0.4, -0.2) is 18.1 Å². The number of phenolic OH excluding ortho intramolecular Hbond substituents is 1. The highest BCUT2D eigenvalue weighted by molar-refractivity contribution is 6.06. The van der Waals surface area contributed by atoms with Crippen LogP contribution < -0.4 is 10.1 Å². The number of aromatic hydroxyl groups is 1. The largest absolute Gasteiger partial charge is 0.507 e. The fraction of sp³-hybridized carbons (Fsp3) is 0.0714. The molecular weight excluding hydrogens is 268 g/mol. The van der Waals surface area contributed by atoms with E-state index in [1.165, 1.54) is 13.2 Å². The molecule has 2 N–H and O–H groups in total. The maximum Gasteiger partial charge on any atom is 0.262 e. The number of carbonyl (C=O) groups is 1. The second-order valence-corrected chi connectivity index (χ2v) is 3.97. The lowest BCUT2D eigenvalue weighted by Crippen LogP contribution is -2.14. The lowest BCUT2D eigenvalue weighted by atomic mass is 10.1. The van der Waals surface area contributed by atoms with E-state index in [0.717, 1.165) is 0 Å². The summed E-state index contributed by atoms with van der Waals surface area (Å²) in [5, 5.41) is 11.8. The predicted octanol–water partition coefficient (Wildman–Crippen LogP) is 2.93. The molecule has 4 nitrogen and oxygen atoms in total. The van der Waals surface area contributed by atoms with Gasteiger partial charge in [-0.1, -0.05) is 6.07 Å². The van der Waals surface area contributed by atoms with Crippen LogP contribution in [0.25, 0.3) is 0 Å². The molecule has 0 aliphatic rings. The Bertz CT molecular complexity index is 636. The van der Waals surface area contributed by atoms with E-state index in [1.54, 1.807) is 18.2 Å². The molecule has 1 amide bonds. The van der Waals surface area contributed by atoms with Gasteiger partial charge in [-0.15, -0.1) is 0 Å². The number of benzene rings is 2. The van der Waals surface area contributed by atoms with E-state index >= 15 is 0 Å². The van der Waals surface area contributed by atoms with Crippen LogP contribution in [0.3, 0.4) is 0 Å². The number of methoxy groups -OCH3 is 1. The first kappa shape index (κ1) is 13.8. The molecule has 20 heavy (non-hydrogen) atoms. The topological polar surface area (TPSA) is 58.6 Å². The molecular formula is C14H11F2NO3. The minimum absolute atomic E-state index is 0.359. The van der Waals surface area contributed by atoms with Crippen molar-refractivity contribution in [1.82, 2.24) is 0 Å². The normalized spacial score (nSPS) is 10.2. The number of amides is 1. The van der Waals surface area contributed by atoms with Gasteiger partial charge >= 0.3 is 0 Å². The number of nitrogens with one attached hydrogen (secondary N) is 1. The number of anilines is 1. The van der Waals surface area contributed by atoms with Gasteiger partial charge in [0.15, 0.2) is 0 Å². The quantitative estimate of drug-likeness (QED) is 0.908. The van der Waals surface area contributed by atoms with Gasteiger partial charge in [0.05, 0.1) is 7.11 Å². The Morgan fingerprint density at radius 2 is 2.00 bits per heavy atom. The Kier molecular flexibility index (Phi) is 3.84. The van der Waals surface area contributed by atoms with E-state index in [-0.39, 0.29) is 0 Å². The Morgan fingerprint density at radius 1 is 1.25 bits per heavy atom. The van der Waals surface area contributed by atoms with Crippen LogP contribution in [0.5, 0.6) is 11.5 Å². The molecule has 6 heteroatoms. The van der Waals surface area contributed by atoms with Crippen molar-refractivity contribution < 1.29 is 23.4 Å². The molecule has 0 heterocycles. The maximum atomic E-state index is 13.5. The van der Waals surface area contributed by atoms with E-state index in [2.05, 4.69) is 5.32 Å². The number of rotatable bonds is 3. The van der Waals surface area contributed by atoms with Crippen LogP contribution in [-0.2, 0) is 0 Å². The summed E-state index contributed by atoms with van der Waals surface area (Å²) < 4.78 is 31.4. The third kappa shape index (κ3) is 2.85. The number of phenols is 1. The number of hydrogen-bond acceptors (Lipinski definition) is 3. The molecule has 0 saturated heterocycles. The fourth-order valence-electron chi connectivity index (χ4n) is 1.68. The molecule has 0 saturated carbocycles. The summed E-state index contributed by atoms with van der Waals surface area (Å²) in [5.74, 6) is -3.23. The molecule has 0 unspecified atom stereocenters. The Labute approximate surface area is 113 Å². The maximum absolute atomic E-state index is 13.5. The zero-order valence-electron chi connectivity index (χ0n) is 10.5. The van der Waals surface area contributed by atoms with Gasteiger partial charge < -0.3 is 15.2 Å². The SMILES string of the molecule is COc1cccc(NC(=O)c2c(O)cc(F)cc2F)c1. The molecule has 2 aromatic rings. The molecule has 104 valence electrons. The number of carbonyl (C=O) groups excluding carboxylic acids is 1. The van der Waals surface area contributed by atoms with E-state index < -0.39 is 28.9 Å². The number of halogens is 2. The molecule has 0 aliphatic heterocycles. The summed E-state index contributed by atoms with van der Waals surface area (Å²) in [5.41, 5.74) is -0.258. The molecule has 0 aliphatic carbocycles. The summed E-state index contributed by atoms with van der Waals surface area (Å²) in [6.45, 7) is 0. The first-order valence-electron chi connectivity index (χ1n) is 5.64. The van der Waals surface area contributed by atoms with Gasteiger partial charge in [0.1, 0.15) is 28.7 Å². The zero-order chi connectivity index (χ0) is 14.7. The summed E-state index contributed by atoms with van der Waals surface area (Å²) >= 11 is 0. The number of ether oxygens (including phenoxy) is 1. The third-order valence-corrected chi connectivity index (χ3v) is 2.59. The van der Waals surface area contributed by atoms with Crippen LogP contribution in [0.1, 0.15) is 10.4 Å². The van der Waals surface area contributed by atoms with Crippen molar-refractivity contribution in [2.75, 3.05) is 12.4 Å². The van der Waals surface area contributed by atoms with E-state index in [1.807, 2.05) is 0 Å². The molecule has 0 radical (unpaired) electrons. The smallest absolute Gasteiger partial charge is 0.262 e. The van der Waals surface area contributed by atoms with Crippen LogP contribution in [0.2, 0.25) is 0 Å². The molecule has 0 bridgehead atoms. The van der Waals surface area contributed by atoms with Gasteiger partial charge in [-0.05, 0) is 12.1 Å². The minimum Gasteiger partial charge on any atom is -0.507 e. The average Bonchev–Trinajstić information content (AvgIpc) is 2.37. The second-order valence-electron chi connectivity index (χ2n) is 3.97. The van der Waals surface area contributed by atoms with Crippen molar-refractivity contribution in [2.24, 2.45) is 0 Å². The standard InChI is InChI=1S/C14H11F2NO3/c1-20-10-4-2-3-9(7-10)17-14(19)13-11(16)5-8(15)6-12(13)18/h2-7,18H,1H3,(H,17,19). The Morgan fingerprint density at radius 3 is 2.65 bits per heavy atom. The Hall–Kier alpha value is -2.63. The van der Waals surface area contributed by atoms with Crippen molar-refractivity contribution in [2.45, 2.75) is 0 Å². The molecule has 2 aromatic carbocycles. The number of hydrogen-bond donors (Lipinski definition) is 2. The second kappa shape index (κ2) is 5.56. The highest BCUT2D eigenvalue weighted by Gasteiger charge is 2.18. The van der Waals surface area contributed by atoms with Crippen molar-refractivity contribution in [1.29, 1.82) is 0 Å². The van der Waals surface area contributed by atoms with Crippen molar-refractivity contribution in [3.8, 4) is 11.5 Å². The molecule has 0 atom stereocenters. The van der Waals surface area contributed by atoms with E-state index in [4.69, 9.17) is 4.74 Å². The van der Waals surface area contributed by atoms with Crippen LogP contribution >= 0.6 is 0 Å². The van der Waals surface area contributed by atoms with Crippen LogP contribution in [0.15, 0.2) is 36.4 Å². The fourth-order valence-corrected chi connectivity index (χ4v) is 1.68. The highest BCUT2D eigenvalue weighted by atomic mass is 19.1. The predicted molar refractivity (Wildman–Crippen MR) is 69.0 cm³/mol. The van der Waals surface area contributed by atoms with Gasteiger partial charge in [0, 0.05) is 23.9 Å². The lowest BCUT2D eigenvalue weighted by Gasteiger charge is -2.09. The summed E-state index contributed by atoms with van der Waals surface area (Å²) in [7, 11) is 1.46. The summed E-state index contributed by atoms with van der Waals surface area (Å²) in [6, 6.07) is 7.60. The lowest BCUT2D eigenvalue weighted by molar-refractivity contribution is 0.102. The van der Waals surface area contributed by atoms with Gasteiger partial charge in [0.2, 0.25) is 0 Å². The van der Waals surface area contributed by atoms with Gasteiger partial charge in [-0.25, -0.2) is 8.78 Å². The average molecular weight is 279 g/mol. The molecule has 0 fully saturated rings. The first-order chi connectivity index (χ1) is 9.51. The summed E-state index contributed by atoms with van der Waals surface area (Å²) in [4.78, 5) is 11.9. The van der Waals surface area contributed by atoms with Gasteiger partial charge in [0.25, 0.3) is 5.91 Å². The van der Waals surface area contributed by atoms with Crippen molar-refractivity contribution >= 4 is 11.6 Å². The minimum atomic E-state index is -1.14. The first-order valence-corrected chi connectivity index (χ1v) is 5.64. The zero-order valence-corrected chi connectivity index (χ0v) is 10.5. The van der Waals surface area contributed by atoms with E-state index in [9.17, 15) is 18.7 Å². The van der Waals surface area contributed by atoms with Gasteiger partial charge in [-0.2, -0.15) is 0 Å². The van der Waals surface area contributed by atoms with Crippen LogP contribution in [0.4, 0.5) is 14.5 Å². The molecule has 0 aromatic heterocycles. The Balaban J connectivity index is 2.28. The molecule has 0 spiro atoms. The monoisotopic (exact) mass is 279 g/mol.